The number of rotatable bonds is 6. The maximum atomic E-state index is 13.0. The Labute approximate surface area is 143 Å². The molecule has 2 aromatic rings. The van der Waals surface area contributed by atoms with Crippen molar-refractivity contribution in [1.82, 2.24) is 15.1 Å². The third kappa shape index (κ3) is 4.89. The van der Waals surface area contributed by atoms with Crippen LogP contribution in [-0.4, -0.2) is 20.9 Å². The minimum absolute atomic E-state index is 0.00482. The number of nitrogens with one attached hydrogen (secondary N) is 1. The standard InChI is InChI=1S/C19H28FN3O/c1-13(10-17(24)14-6-8-16(20)9-7-14)21-11-15-12-23(5)22-18(15)19(2,3)4/h6-9,12-13,17,21,24H,10-11H2,1-5H3. The van der Waals surface area contributed by atoms with Crippen molar-refractivity contribution in [3.8, 4) is 0 Å². The normalized spacial score (nSPS) is 14.6. The number of benzene rings is 1. The fourth-order valence-electron chi connectivity index (χ4n) is 2.82. The highest BCUT2D eigenvalue weighted by Gasteiger charge is 2.22. The van der Waals surface area contributed by atoms with Gasteiger partial charge in [-0.2, -0.15) is 5.10 Å². The fourth-order valence-corrected chi connectivity index (χ4v) is 2.82. The molecule has 24 heavy (non-hydrogen) atoms. The number of halogens is 1. The first-order valence-corrected chi connectivity index (χ1v) is 8.36. The molecule has 132 valence electrons. The van der Waals surface area contributed by atoms with Gasteiger partial charge in [0.1, 0.15) is 5.82 Å². The van der Waals surface area contributed by atoms with E-state index in [9.17, 15) is 9.50 Å². The Hall–Kier alpha value is -1.72. The van der Waals surface area contributed by atoms with Crippen LogP contribution in [0.5, 0.6) is 0 Å². The molecule has 0 saturated carbocycles. The molecular weight excluding hydrogens is 305 g/mol. The van der Waals surface area contributed by atoms with Crippen molar-refractivity contribution in [2.45, 2.75) is 58.2 Å². The summed E-state index contributed by atoms with van der Waals surface area (Å²) in [6.07, 6.45) is 2.00. The largest absolute Gasteiger partial charge is 0.388 e. The number of aliphatic hydroxyl groups is 1. The summed E-state index contributed by atoms with van der Waals surface area (Å²) in [5.74, 6) is -0.289. The lowest BCUT2D eigenvalue weighted by Gasteiger charge is -2.20. The van der Waals surface area contributed by atoms with Gasteiger partial charge in [-0.15, -0.1) is 0 Å². The Kier molecular flexibility index (Phi) is 5.78. The first-order valence-electron chi connectivity index (χ1n) is 8.36. The third-order valence-corrected chi connectivity index (χ3v) is 4.09. The van der Waals surface area contributed by atoms with E-state index in [4.69, 9.17) is 0 Å². The molecule has 2 unspecified atom stereocenters. The summed E-state index contributed by atoms with van der Waals surface area (Å²) in [6, 6.07) is 6.14. The second kappa shape index (κ2) is 7.45. The van der Waals surface area contributed by atoms with E-state index in [1.165, 1.54) is 17.7 Å². The second-order valence-electron chi connectivity index (χ2n) is 7.51. The smallest absolute Gasteiger partial charge is 0.123 e. The molecule has 0 aliphatic carbocycles. The van der Waals surface area contributed by atoms with Crippen molar-refractivity contribution in [1.29, 1.82) is 0 Å². The molecule has 4 nitrogen and oxygen atoms in total. The lowest BCUT2D eigenvalue weighted by atomic mass is 9.89. The SMILES string of the molecule is CC(CC(O)c1ccc(F)cc1)NCc1cn(C)nc1C(C)(C)C. The van der Waals surface area contributed by atoms with E-state index >= 15 is 0 Å². The molecule has 2 rings (SSSR count). The fraction of sp³-hybridized carbons (Fsp3) is 0.526. The Morgan fingerprint density at radius 3 is 2.46 bits per heavy atom. The maximum Gasteiger partial charge on any atom is 0.123 e. The lowest BCUT2D eigenvalue weighted by Crippen LogP contribution is -2.28. The number of aromatic nitrogens is 2. The summed E-state index contributed by atoms with van der Waals surface area (Å²) >= 11 is 0. The zero-order chi connectivity index (χ0) is 17.9. The highest BCUT2D eigenvalue weighted by atomic mass is 19.1. The predicted molar refractivity (Wildman–Crippen MR) is 94.2 cm³/mol. The van der Waals surface area contributed by atoms with Crippen molar-refractivity contribution >= 4 is 0 Å². The molecule has 0 saturated heterocycles. The van der Waals surface area contributed by atoms with Crippen LogP contribution in [0.2, 0.25) is 0 Å². The first-order chi connectivity index (χ1) is 11.2. The van der Waals surface area contributed by atoms with Crippen LogP contribution >= 0.6 is 0 Å². The summed E-state index contributed by atoms with van der Waals surface area (Å²) < 4.78 is 14.8. The third-order valence-electron chi connectivity index (χ3n) is 4.09. The van der Waals surface area contributed by atoms with Gasteiger partial charge in [0.15, 0.2) is 0 Å². The van der Waals surface area contributed by atoms with E-state index < -0.39 is 6.10 Å². The van der Waals surface area contributed by atoms with Gasteiger partial charge in [-0.25, -0.2) is 4.39 Å². The molecule has 0 radical (unpaired) electrons. The number of aliphatic hydroxyl groups excluding tert-OH is 1. The van der Waals surface area contributed by atoms with E-state index in [0.717, 1.165) is 11.3 Å². The molecule has 1 aromatic heterocycles. The van der Waals surface area contributed by atoms with Crippen LogP contribution < -0.4 is 5.32 Å². The molecular formula is C19H28FN3O. The minimum Gasteiger partial charge on any atom is -0.388 e. The summed E-state index contributed by atoms with van der Waals surface area (Å²) in [5, 5.41) is 18.3. The monoisotopic (exact) mass is 333 g/mol. The molecule has 1 heterocycles. The zero-order valence-electron chi connectivity index (χ0n) is 15.2. The van der Waals surface area contributed by atoms with Crippen LogP contribution in [-0.2, 0) is 19.0 Å². The summed E-state index contributed by atoms with van der Waals surface area (Å²) in [5.41, 5.74) is 2.99. The second-order valence-corrected chi connectivity index (χ2v) is 7.51. The van der Waals surface area contributed by atoms with Crippen LogP contribution in [0.1, 0.15) is 57.0 Å². The average Bonchev–Trinajstić information content (AvgIpc) is 2.87. The number of hydrogen-bond donors (Lipinski definition) is 2. The van der Waals surface area contributed by atoms with Crippen LogP contribution in [0.3, 0.4) is 0 Å². The molecule has 0 spiro atoms. The van der Waals surface area contributed by atoms with Gasteiger partial charge in [0.25, 0.3) is 0 Å². The van der Waals surface area contributed by atoms with Crippen LogP contribution in [0.25, 0.3) is 0 Å². The molecule has 2 atom stereocenters. The van der Waals surface area contributed by atoms with Gasteiger partial charge >= 0.3 is 0 Å². The van der Waals surface area contributed by atoms with Gasteiger partial charge < -0.3 is 10.4 Å². The molecule has 0 aliphatic rings. The van der Waals surface area contributed by atoms with Crippen molar-refractivity contribution in [3.05, 3.63) is 53.1 Å². The molecule has 0 bridgehead atoms. The van der Waals surface area contributed by atoms with Gasteiger partial charge in [-0.1, -0.05) is 32.9 Å². The van der Waals surface area contributed by atoms with Crippen molar-refractivity contribution in [3.63, 3.8) is 0 Å². The van der Waals surface area contributed by atoms with Gasteiger partial charge in [0.2, 0.25) is 0 Å². The maximum absolute atomic E-state index is 13.0. The Balaban J connectivity index is 1.94. The van der Waals surface area contributed by atoms with Crippen molar-refractivity contribution in [2.75, 3.05) is 0 Å². The van der Waals surface area contributed by atoms with E-state index in [-0.39, 0.29) is 17.3 Å². The molecule has 5 heteroatoms. The van der Waals surface area contributed by atoms with E-state index in [2.05, 4.69) is 31.2 Å². The summed E-state index contributed by atoms with van der Waals surface area (Å²) in [4.78, 5) is 0. The van der Waals surface area contributed by atoms with E-state index in [0.29, 0.717) is 13.0 Å². The predicted octanol–water partition coefficient (Wildman–Crippen LogP) is 3.46. The Morgan fingerprint density at radius 1 is 1.25 bits per heavy atom. The molecule has 0 fully saturated rings. The van der Waals surface area contributed by atoms with Crippen LogP contribution in [0, 0.1) is 5.82 Å². The zero-order valence-corrected chi connectivity index (χ0v) is 15.2. The van der Waals surface area contributed by atoms with Crippen LogP contribution in [0.15, 0.2) is 30.5 Å². The van der Waals surface area contributed by atoms with Crippen LogP contribution in [0.4, 0.5) is 4.39 Å². The van der Waals surface area contributed by atoms with Crippen molar-refractivity contribution < 1.29 is 9.50 Å². The Bertz CT molecular complexity index is 658. The first kappa shape index (κ1) is 18.6. The highest BCUT2D eigenvalue weighted by molar-refractivity contribution is 5.24. The van der Waals surface area contributed by atoms with E-state index in [1.54, 1.807) is 12.1 Å². The topological polar surface area (TPSA) is 50.1 Å². The molecule has 0 amide bonds. The minimum atomic E-state index is -0.607. The summed E-state index contributed by atoms with van der Waals surface area (Å²) in [7, 11) is 1.93. The van der Waals surface area contributed by atoms with Gasteiger partial charge in [0.05, 0.1) is 11.8 Å². The lowest BCUT2D eigenvalue weighted by molar-refractivity contribution is 0.153. The number of hydrogen-bond acceptors (Lipinski definition) is 3. The van der Waals surface area contributed by atoms with E-state index in [1.807, 2.05) is 24.9 Å². The average molecular weight is 333 g/mol. The van der Waals surface area contributed by atoms with Gasteiger partial charge in [-0.05, 0) is 31.0 Å². The quantitative estimate of drug-likeness (QED) is 0.851. The Morgan fingerprint density at radius 2 is 1.88 bits per heavy atom. The molecule has 1 aromatic carbocycles. The van der Waals surface area contributed by atoms with Gasteiger partial charge in [-0.3, -0.25) is 4.68 Å². The summed E-state index contributed by atoms with van der Waals surface area (Å²) in [6.45, 7) is 9.21. The van der Waals surface area contributed by atoms with Gasteiger partial charge in [0, 0.05) is 36.8 Å². The molecule has 2 N–H and O–H groups in total. The highest BCUT2D eigenvalue weighted by Crippen LogP contribution is 2.24. The molecule has 0 aliphatic heterocycles. The number of aryl methyl sites for hydroxylation is 1. The number of nitrogens with zero attached hydrogens (tertiary/aromatic N) is 2. The van der Waals surface area contributed by atoms with Crippen molar-refractivity contribution in [2.24, 2.45) is 7.05 Å².